The van der Waals surface area contributed by atoms with Crippen LogP contribution in [0.25, 0.3) is 0 Å². The number of anilines is 2. The van der Waals surface area contributed by atoms with E-state index in [-0.39, 0.29) is 22.1 Å². The maximum atomic E-state index is 14.6. The van der Waals surface area contributed by atoms with Crippen LogP contribution in [0.1, 0.15) is 5.56 Å². The predicted octanol–water partition coefficient (Wildman–Crippen LogP) is 4.70. The Balaban J connectivity index is 1.99. The van der Waals surface area contributed by atoms with E-state index in [0.29, 0.717) is 10.4 Å². The molecule has 0 saturated heterocycles. The fraction of sp³-hybridized carbons (Fsp3) is 0.174. The first-order valence-corrected chi connectivity index (χ1v) is 11.4. The van der Waals surface area contributed by atoms with Crippen LogP contribution in [0, 0.1) is 5.82 Å². The van der Waals surface area contributed by atoms with Crippen molar-refractivity contribution in [3.05, 3.63) is 78.1 Å². The quantitative estimate of drug-likeness (QED) is 0.443. The van der Waals surface area contributed by atoms with Crippen LogP contribution in [-0.4, -0.2) is 35.1 Å². The number of para-hydroxylation sites is 1. The molecule has 7 nitrogen and oxygen atoms in total. The van der Waals surface area contributed by atoms with Gasteiger partial charge in [0.15, 0.2) is 11.5 Å². The number of nitrogens with one attached hydrogen (secondary N) is 1. The molecule has 0 radical (unpaired) electrons. The van der Waals surface area contributed by atoms with Crippen molar-refractivity contribution < 1.29 is 40.2 Å². The number of carbonyl (C=O) groups is 1. The van der Waals surface area contributed by atoms with Gasteiger partial charge in [-0.15, -0.1) is 0 Å². The Hall–Kier alpha value is -3.80. The molecule has 3 rings (SSSR count). The van der Waals surface area contributed by atoms with Gasteiger partial charge in [-0.25, -0.2) is 12.8 Å². The first kappa shape index (κ1) is 25.8. The number of hydrogen-bond donors (Lipinski definition) is 1. The highest BCUT2D eigenvalue weighted by molar-refractivity contribution is 7.92. The highest BCUT2D eigenvalue weighted by atomic mass is 32.2. The molecule has 0 bridgehead atoms. The summed E-state index contributed by atoms with van der Waals surface area (Å²) in [4.78, 5) is 12.4. The number of carbonyl (C=O) groups excluding carboxylic acids is 1. The van der Waals surface area contributed by atoms with E-state index >= 15 is 0 Å². The topological polar surface area (TPSA) is 84.9 Å². The summed E-state index contributed by atoms with van der Waals surface area (Å²) in [5.74, 6) is -1.60. The molecule has 12 heteroatoms. The molecule has 0 atom stereocenters. The van der Waals surface area contributed by atoms with Crippen LogP contribution < -0.4 is 19.1 Å². The summed E-state index contributed by atoms with van der Waals surface area (Å²) in [7, 11) is -1.88. The van der Waals surface area contributed by atoms with Crippen LogP contribution >= 0.6 is 0 Å². The molecule has 186 valence electrons. The zero-order chi connectivity index (χ0) is 25.8. The minimum absolute atomic E-state index is 0.0791. The molecule has 0 spiro atoms. The van der Waals surface area contributed by atoms with E-state index in [1.54, 1.807) is 0 Å². The van der Waals surface area contributed by atoms with Crippen molar-refractivity contribution in [2.45, 2.75) is 11.1 Å². The highest BCUT2D eigenvalue weighted by Gasteiger charge is 2.32. The summed E-state index contributed by atoms with van der Waals surface area (Å²) in [6.07, 6.45) is -4.64. The number of ether oxygens (including phenoxy) is 2. The Morgan fingerprint density at radius 1 is 0.943 bits per heavy atom. The number of methoxy groups -OCH3 is 2. The van der Waals surface area contributed by atoms with Gasteiger partial charge in [0.1, 0.15) is 12.4 Å². The van der Waals surface area contributed by atoms with Gasteiger partial charge in [0.2, 0.25) is 5.91 Å². The minimum Gasteiger partial charge on any atom is -0.493 e. The number of sulfonamides is 1. The molecule has 0 fully saturated rings. The van der Waals surface area contributed by atoms with Gasteiger partial charge in [-0.3, -0.25) is 9.10 Å². The van der Waals surface area contributed by atoms with Crippen LogP contribution in [0.5, 0.6) is 11.5 Å². The zero-order valence-corrected chi connectivity index (χ0v) is 19.3. The highest BCUT2D eigenvalue weighted by Crippen LogP contribution is 2.33. The summed E-state index contributed by atoms with van der Waals surface area (Å²) in [6.45, 7) is -0.923. The fourth-order valence-corrected chi connectivity index (χ4v) is 4.61. The number of hydrogen-bond acceptors (Lipinski definition) is 5. The molecule has 3 aromatic carbocycles. The van der Waals surface area contributed by atoms with Gasteiger partial charge in [-0.1, -0.05) is 18.2 Å². The third-order valence-corrected chi connectivity index (χ3v) is 6.58. The molecule has 0 aliphatic heterocycles. The van der Waals surface area contributed by atoms with E-state index in [9.17, 15) is 30.8 Å². The lowest BCUT2D eigenvalue weighted by atomic mass is 10.2. The largest absolute Gasteiger partial charge is 0.493 e. The van der Waals surface area contributed by atoms with Crippen LogP contribution in [0.2, 0.25) is 0 Å². The maximum absolute atomic E-state index is 14.6. The molecule has 0 aliphatic rings. The van der Waals surface area contributed by atoms with Crippen molar-refractivity contribution in [1.82, 2.24) is 0 Å². The van der Waals surface area contributed by atoms with Crippen molar-refractivity contribution >= 4 is 27.3 Å². The van der Waals surface area contributed by atoms with E-state index < -0.39 is 45.7 Å². The summed E-state index contributed by atoms with van der Waals surface area (Å²) < 4.78 is 91.2. The normalized spacial score (nSPS) is 11.6. The number of nitrogens with zero attached hydrogens (tertiary/aromatic N) is 1. The van der Waals surface area contributed by atoms with Gasteiger partial charge in [0.05, 0.1) is 30.4 Å². The molecule has 0 unspecified atom stereocenters. The standard InChI is InChI=1S/C23H20F4N2O5S/c1-33-20-11-10-17(13-21(20)34-2)35(31,32)29(19-9-4-3-8-18(19)24)14-22(30)28-16-7-5-6-15(12-16)23(25,26)27/h3-13H,14H2,1-2H3,(H,28,30). The molecule has 1 amide bonds. The molecule has 0 aliphatic carbocycles. The van der Waals surface area contributed by atoms with Crippen molar-refractivity contribution in [3.63, 3.8) is 0 Å². The summed E-state index contributed by atoms with van der Waals surface area (Å²) in [5, 5.41) is 2.23. The number of halogens is 4. The van der Waals surface area contributed by atoms with Crippen LogP contribution in [0.4, 0.5) is 28.9 Å². The van der Waals surface area contributed by atoms with Gasteiger partial charge in [0, 0.05) is 11.8 Å². The van der Waals surface area contributed by atoms with Gasteiger partial charge in [-0.2, -0.15) is 13.2 Å². The number of amides is 1. The minimum atomic E-state index is -4.64. The average Bonchev–Trinajstić information content (AvgIpc) is 2.82. The molecule has 0 heterocycles. The summed E-state index contributed by atoms with van der Waals surface area (Å²) in [6, 6.07) is 12.4. The Morgan fingerprint density at radius 2 is 1.63 bits per heavy atom. The number of rotatable bonds is 8. The van der Waals surface area contributed by atoms with Crippen molar-refractivity contribution in [2.24, 2.45) is 0 Å². The van der Waals surface area contributed by atoms with Crippen LogP contribution in [-0.2, 0) is 21.0 Å². The second kappa shape index (κ2) is 10.2. The Kier molecular flexibility index (Phi) is 7.54. The lowest BCUT2D eigenvalue weighted by molar-refractivity contribution is -0.137. The van der Waals surface area contributed by atoms with Crippen molar-refractivity contribution in [1.29, 1.82) is 0 Å². The fourth-order valence-electron chi connectivity index (χ4n) is 3.16. The van der Waals surface area contributed by atoms with Crippen molar-refractivity contribution in [3.8, 4) is 11.5 Å². The number of benzene rings is 3. The third kappa shape index (κ3) is 5.83. The molecular weight excluding hydrogens is 492 g/mol. The van der Waals surface area contributed by atoms with E-state index in [1.807, 2.05) is 0 Å². The van der Waals surface area contributed by atoms with Gasteiger partial charge in [0.25, 0.3) is 10.0 Å². The van der Waals surface area contributed by atoms with Crippen LogP contribution in [0.15, 0.2) is 71.6 Å². The Morgan fingerprint density at radius 3 is 2.26 bits per heavy atom. The monoisotopic (exact) mass is 512 g/mol. The van der Waals surface area contributed by atoms with E-state index in [2.05, 4.69) is 5.32 Å². The lowest BCUT2D eigenvalue weighted by Crippen LogP contribution is -2.38. The molecule has 35 heavy (non-hydrogen) atoms. The molecule has 0 aromatic heterocycles. The maximum Gasteiger partial charge on any atom is 0.416 e. The summed E-state index contributed by atoms with van der Waals surface area (Å²) >= 11 is 0. The average molecular weight is 512 g/mol. The third-order valence-electron chi connectivity index (χ3n) is 4.83. The predicted molar refractivity (Wildman–Crippen MR) is 121 cm³/mol. The second-order valence-corrected chi connectivity index (χ2v) is 8.97. The summed E-state index contributed by atoms with van der Waals surface area (Å²) in [5.41, 5.74) is -1.64. The zero-order valence-electron chi connectivity index (χ0n) is 18.5. The van der Waals surface area contributed by atoms with Gasteiger partial charge >= 0.3 is 6.18 Å². The number of alkyl halides is 3. The Labute approximate surface area is 198 Å². The second-order valence-electron chi connectivity index (χ2n) is 7.11. The van der Waals surface area contributed by atoms with Crippen LogP contribution in [0.3, 0.4) is 0 Å². The molecule has 0 saturated carbocycles. The molecule has 1 N–H and O–H groups in total. The lowest BCUT2D eigenvalue weighted by Gasteiger charge is -2.25. The van der Waals surface area contributed by atoms with E-state index in [4.69, 9.17) is 9.47 Å². The van der Waals surface area contributed by atoms with Crippen molar-refractivity contribution in [2.75, 3.05) is 30.4 Å². The molecule has 3 aromatic rings. The SMILES string of the molecule is COc1ccc(S(=O)(=O)N(CC(=O)Nc2cccc(C(F)(F)F)c2)c2ccccc2F)cc1OC. The first-order chi connectivity index (χ1) is 16.5. The smallest absolute Gasteiger partial charge is 0.416 e. The first-order valence-electron chi connectivity index (χ1n) is 9.93. The van der Waals surface area contributed by atoms with Gasteiger partial charge < -0.3 is 14.8 Å². The van der Waals surface area contributed by atoms with E-state index in [0.717, 1.165) is 30.3 Å². The van der Waals surface area contributed by atoms with E-state index in [1.165, 1.54) is 44.6 Å². The molecular formula is C23H20F4N2O5S. The van der Waals surface area contributed by atoms with Gasteiger partial charge in [-0.05, 0) is 42.5 Å². The Bertz CT molecular complexity index is 1330.